The molecule has 1 aromatic heterocycles. The zero-order valence-electron chi connectivity index (χ0n) is 12.5. The number of fused-ring (bicyclic) bond motifs is 1. The molecule has 0 aliphatic heterocycles. The molecule has 110 valence electrons. The summed E-state index contributed by atoms with van der Waals surface area (Å²) < 4.78 is 1.88. The molecule has 0 unspecified atom stereocenters. The van der Waals surface area contributed by atoms with Crippen molar-refractivity contribution in [3.8, 4) is 0 Å². The van der Waals surface area contributed by atoms with Crippen LogP contribution in [0.25, 0.3) is 0 Å². The molecule has 1 aliphatic carbocycles. The summed E-state index contributed by atoms with van der Waals surface area (Å²) in [4.78, 5) is 11.4. The highest BCUT2D eigenvalue weighted by molar-refractivity contribution is 5.87. The number of carboxylic acid groups (broad SMARTS) is 1. The maximum absolute atomic E-state index is 11.4. The van der Waals surface area contributed by atoms with E-state index >= 15 is 0 Å². The molecule has 0 radical (unpaired) electrons. The highest BCUT2D eigenvalue weighted by Gasteiger charge is 2.32. The number of rotatable bonds is 3. The number of nitrogens with zero attached hydrogens (tertiary/aromatic N) is 2. The summed E-state index contributed by atoms with van der Waals surface area (Å²) in [6.45, 7) is 5.10. The summed E-state index contributed by atoms with van der Waals surface area (Å²) in [6.07, 6.45) is 2.70. The Balaban J connectivity index is 2.02. The molecule has 0 spiro atoms. The molecular formula is C17H20N2O2. The van der Waals surface area contributed by atoms with Gasteiger partial charge in [-0.15, -0.1) is 0 Å². The first-order chi connectivity index (χ1) is 9.96. The lowest BCUT2D eigenvalue weighted by Gasteiger charge is -2.30. The predicted octanol–water partition coefficient (Wildman–Crippen LogP) is 3.14. The summed E-state index contributed by atoms with van der Waals surface area (Å²) in [5.41, 5.74) is 3.60. The van der Waals surface area contributed by atoms with Crippen LogP contribution in [0.15, 0.2) is 30.3 Å². The van der Waals surface area contributed by atoms with E-state index in [9.17, 15) is 9.90 Å². The van der Waals surface area contributed by atoms with Crippen LogP contribution < -0.4 is 0 Å². The van der Waals surface area contributed by atoms with Crippen LogP contribution in [0.1, 0.15) is 47.6 Å². The molecule has 0 atom stereocenters. The van der Waals surface area contributed by atoms with Crippen LogP contribution in [0.3, 0.4) is 0 Å². The molecule has 0 saturated heterocycles. The van der Waals surface area contributed by atoms with Gasteiger partial charge in [0.1, 0.15) is 0 Å². The van der Waals surface area contributed by atoms with Crippen LogP contribution in [0.2, 0.25) is 0 Å². The lowest BCUT2D eigenvalue weighted by atomic mass is 9.76. The topological polar surface area (TPSA) is 55.1 Å². The molecule has 1 aromatic carbocycles. The van der Waals surface area contributed by atoms with Gasteiger partial charge in [-0.05, 0) is 30.2 Å². The molecule has 0 amide bonds. The van der Waals surface area contributed by atoms with Crippen molar-refractivity contribution < 1.29 is 9.90 Å². The van der Waals surface area contributed by atoms with E-state index < -0.39 is 5.97 Å². The third kappa shape index (κ3) is 2.71. The second-order valence-corrected chi connectivity index (χ2v) is 6.56. The number of hydrogen-bond donors (Lipinski definition) is 1. The van der Waals surface area contributed by atoms with Crippen LogP contribution in [-0.2, 0) is 19.4 Å². The Morgan fingerprint density at radius 1 is 1.33 bits per heavy atom. The molecule has 0 fully saturated rings. The van der Waals surface area contributed by atoms with Crippen molar-refractivity contribution in [3.63, 3.8) is 0 Å². The van der Waals surface area contributed by atoms with Crippen LogP contribution in [-0.4, -0.2) is 20.9 Å². The number of carbonyl (C=O) groups is 1. The van der Waals surface area contributed by atoms with Crippen molar-refractivity contribution in [2.24, 2.45) is 5.41 Å². The lowest BCUT2D eigenvalue weighted by molar-refractivity contribution is 0.0688. The van der Waals surface area contributed by atoms with E-state index in [0.29, 0.717) is 6.54 Å². The maximum Gasteiger partial charge on any atom is 0.356 e. The molecule has 1 aliphatic rings. The average Bonchev–Trinajstić information content (AvgIpc) is 2.77. The normalized spacial score (nSPS) is 16.5. The van der Waals surface area contributed by atoms with Gasteiger partial charge in [-0.2, -0.15) is 5.10 Å². The monoisotopic (exact) mass is 284 g/mol. The summed E-state index contributed by atoms with van der Waals surface area (Å²) >= 11 is 0. The van der Waals surface area contributed by atoms with Crippen molar-refractivity contribution in [2.75, 3.05) is 0 Å². The van der Waals surface area contributed by atoms with E-state index in [4.69, 9.17) is 0 Å². The van der Waals surface area contributed by atoms with Gasteiger partial charge in [-0.25, -0.2) is 4.79 Å². The molecule has 3 rings (SSSR count). The standard InChI is InChI=1S/C17H20N2O2/c1-17(2)9-8-13-14(10-17)19(18-15(13)16(20)21)11-12-6-4-3-5-7-12/h3-7H,8-11H2,1-2H3,(H,20,21). The largest absolute Gasteiger partial charge is 0.476 e. The van der Waals surface area contributed by atoms with E-state index in [1.165, 1.54) is 0 Å². The molecule has 2 aromatic rings. The minimum Gasteiger partial charge on any atom is -0.476 e. The molecule has 4 heteroatoms. The molecule has 1 N–H and O–H groups in total. The Morgan fingerprint density at radius 3 is 2.71 bits per heavy atom. The fourth-order valence-corrected chi connectivity index (χ4v) is 3.06. The van der Waals surface area contributed by atoms with Crippen molar-refractivity contribution in [2.45, 2.75) is 39.7 Å². The van der Waals surface area contributed by atoms with Gasteiger partial charge in [0.05, 0.1) is 6.54 Å². The number of aromatic nitrogens is 2. The minimum atomic E-state index is -0.919. The van der Waals surface area contributed by atoms with Crippen molar-refractivity contribution >= 4 is 5.97 Å². The molecule has 4 nitrogen and oxygen atoms in total. The zero-order chi connectivity index (χ0) is 15.0. The first-order valence-electron chi connectivity index (χ1n) is 7.32. The lowest BCUT2D eigenvalue weighted by Crippen LogP contribution is -2.24. The van der Waals surface area contributed by atoms with Gasteiger partial charge in [0.15, 0.2) is 5.69 Å². The van der Waals surface area contributed by atoms with Gasteiger partial charge in [0.25, 0.3) is 0 Å². The van der Waals surface area contributed by atoms with E-state index in [0.717, 1.165) is 36.1 Å². The van der Waals surface area contributed by atoms with Gasteiger partial charge < -0.3 is 5.11 Å². The molecular weight excluding hydrogens is 264 g/mol. The summed E-state index contributed by atoms with van der Waals surface area (Å²) in [7, 11) is 0. The molecule has 21 heavy (non-hydrogen) atoms. The molecule has 1 heterocycles. The van der Waals surface area contributed by atoms with Crippen LogP contribution >= 0.6 is 0 Å². The van der Waals surface area contributed by atoms with E-state index in [1.807, 2.05) is 35.0 Å². The number of aromatic carboxylic acids is 1. The predicted molar refractivity (Wildman–Crippen MR) is 80.5 cm³/mol. The smallest absolute Gasteiger partial charge is 0.356 e. The van der Waals surface area contributed by atoms with Gasteiger partial charge in [-0.1, -0.05) is 44.2 Å². The van der Waals surface area contributed by atoms with E-state index in [2.05, 4.69) is 18.9 Å². The first kappa shape index (κ1) is 13.9. The number of hydrogen-bond acceptors (Lipinski definition) is 2. The summed E-state index contributed by atoms with van der Waals surface area (Å²) in [5, 5.41) is 13.7. The second-order valence-electron chi connectivity index (χ2n) is 6.56. The summed E-state index contributed by atoms with van der Waals surface area (Å²) in [5.74, 6) is -0.919. The Morgan fingerprint density at radius 2 is 2.05 bits per heavy atom. The average molecular weight is 284 g/mol. The van der Waals surface area contributed by atoms with Crippen molar-refractivity contribution in [1.29, 1.82) is 0 Å². The maximum atomic E-state index is 11.4. The summed E-state index contributed by atoms with van der Waals surface area (Å²) in [6, 6.07) is 10.1. The van der Waals surface area contributed by atoms with Crippen LogP contribution in [0, 0.1) is 5.41 Å². The number of benzene rings is 1. The highest BCUT2D eigenvalue weighted by atomic mass is 16.4. The fraction of sp³-hybridized carbons (Fsp3) is 0.412. The highest BCUT2D eigenvalue weighted by Crippen LogP contribution is 2.36. The quantitative estimate of drug-likeness (QED) is 0.942. The molecule has 0 saturated carbocycles. The first-order valence-corrected chi connectivity index (χ1v) is 7.32. The third-order valence-corrected chi connectivity index (χ3v) is 4.24. The van der Waals surface area contributed by atoms with Gasteiger partial charge >= 0.3 is 5.97 Å². The fourth-order valence-electron chi connectivity index (χ4n) is 3.06. The van der Waals surface area contributed by atoms with E-state index in [-0.39, 0.29) is 11.1 Å². The zero-order valence-corrected chi connectivity index (χ0v) is 12.5. The number of carboxylic acids is 1. The van der Waals surface area contributed by atoms with E-state index in [1.54, 1.807) is 0 Å². The SMILES string of the molecule is CC1(C)CCc2c(C(=O)O)nn(Cc3ccccc3)c2C1. The second kappa shape index (κ2) is 5.02. The third-order valence-electron chi connectivity index (χ3n) is 4.24. The van der Waals surface area contributed by atoms with Crippen molar-refractivity contribution in [3.05, 3.63) is 52.8 Å². The minimum absolute atomic E-state index is 0.206. The van der Waals surface area contributed by atoms with Crippen molar-refractivity contribution in [1.82, 2.24) is 9.78 Å². The van der Waals surface area contributed by atoms with Crippen LogP contribution in [0.4, 0.5) is 0 Å². The Labute approximate surface area is 124 Å². The van der Waals surface area contributed by atoms with Gasteiger partial charge in [0.2, 0.25) is 0 Å². The van der Waals surface area contributed by atoms with Crippen LogP contribution in [0.5, 0.6) is 0 Å². The van der Waals surface area contributed by atoms with Gasteiger partial charge in [-0.3, -0.25) is 4.68 Å². The van der Waals surface area contributed by atoms with Gasteiger partial charge in [0, 0.05) is 11.3 Å². The molecule has 0 bridgehead atoms. The Bertz CT molecular complexity index is 672. The Kier molecular flexibility index (Phi) is 3.32. The Hall–Kier alpha value is -2.10.